The van der Waals surface area contributed by atoms with Gasteiger partial charge in [0.1, 0.15) is 12.0 Å². The summed E-state index contributed by atoms with van der Waals surface area (Å²) in [6.07, 6.45) is -13.8. The number of ether oxygens (including phenoxy) is 1. The topological polar surface area (TPSA) is 84.7 Å². The van der Waals surface area contributed by atoms with Crippen LogP contribution in [-0.4, -0.2) is 53.6 Å². The van der Waals surface area contributed by atoms with Gasteiger partial charge in [-0.2, -0.15) is 26.3 Å². The standard InChI is InChI=1S/C15H15F6N3O4/c16-14(17,18)11(15(19,20)21)28-12(26)24-3-1-13(2-4-24)5-9(13)10(25)23-8-6-22-27-7-8/h6-7,9,11H,1-5H2,(H,23,25)/t9-/m1/s1. The summed E-state index contributed by atoms with van der Waals surface area (Å²) in [6.45, 7) is -0.198. The molecule has 1 saturated heterocycles. The van der Waals surface area contributed by atoms with Crippen molar-refractivity contribution < 1.29 is 45.2 Å². The molecule has 2 amide bonds. The van der Waals surface area contributed by atoms with E-state index in [9.17, 15) is 35.9 Å². The summed E-state index contributed by atoms with van der Waals surface area (Å²) in [5, 5.41) is 6.04. The van der Waals surface area contributed by atoms with Gasteiger partial charge in [-0.05, 0) is 24.7 Å². The summed E-state index contributed by atoms with van der Waals surface area (Å²) >= 11 is 0. The van der Waals surface area contributed by atoms with E-state index in [-0.39, 0.29) is 37.8 Å². The van der Waals surface area contributed by atoms with Crippen LogP contribution in [0.25, 0.3) is 0 Å². The van der Waals surface area contributed by atoms with E-state index in [4.69, 9.17) is 0 Å². The van der Waals surface area contributed by atoms with E-state index in [1.165, 1.54) is 12.5 Å². The second-order valence-corrected chi connectivity index (χ2v) is 6.86. The molecule has 2 heterocycles. The number of anilines is 1. The van der Waals surface area contributed by atoms with Crippen molar-refractivity contribution in [1.82, 2.24) is 10.1 Å². The number of nitrogens with zero attached hydrogens (tertiary/aromatic N) is 2. The Balaban J connectivity index is 1.53. The number of carbonyl (C=O) groups is 2. The summed E-state index contributed by atoms with van der Waals surface area (Å²) in [4.78, 5) is 24.8. The van der Waals surface area contributed by atoms with Crippen molar-refractivity contribution >= 4 is 17.7 Å². The molecule has 0 bridgehead atoms. The third-order valence-corrected chi connectivity index (χ3v) is 5.04. The number of nitrogens with one attached hydrogen (secondary N) is 1. The van der Waals surface area contributed by atoms with E-state index in [1.54, 1.807) is 0 Å². The van der Waals surface area contributed by atoms with E-state index in [0.717, 1.165) is 4.90 Å². The summed E-state index contributed by atoms with van der Waals surface area (Å²) < 4.78 is 83.3. The van der Waals surface area contributed by atoms with Gasteiger partial charge in [-0.25, -0.2) is 4.79 Å². The van der Waals surface area contributed by atoms with Crippen molar-refractivity contribution in [2.75, 3.05) is 18.4 Å². The number of piperidine rings is 1. The third kappa shape index (κ3) is 4.17. The maximum atomic E-state index is 12.5. The van der Waals surface area contributed by atoms with Gasteiger partial charge in [0.25, 0.3) is 6.10 Å². The third-order valence-electron chi connectivity index (χ3n) is 5.04. The second-order valence-electron chi connectivity index (χ2n) is 6.86. The lowest BCUT2D eigenvalue weighted by Gasteiger charge is -2.33. The van der Waals surface area contributed by atoms with E-state index in [2.05, 4.69) is 19.7 Å². The zero-order valence-corrected chi connectivity index (χ0v) is 14.1. The van der Waals surface area contributed by atoms with E-state index >= 15 is 0 Å². The number of likely N-dealkylation sites (tertiary alicyclic amines) is 1. The zero-order valence-electron chi connectivity index (χ0n) is 14.1. The van der Waals surface area contributed by atoms with Gasteiger partial charge in [-0.3, -0.25) is 4.79 Å². The Labute approximate surface area is 154 Å². The highest BCUT2D eigenvalue weighted by molar-refractivity contribution is 5.94. The number of rotatable bonds is 3. The molecular formula is C15H15F6N3O4. The Morgan fingerprint density at radius 2 is 1.82 bits per heavy atom. The van der Waals surface area contributed by atoms with E-state index < -0.39 is 30.0 Å². The highest BCUT2D eigenvalue weighted by Crippen LogP contribution is 2.59. The minimum atomic E-state index is -5.76. The van der Waals surface area contributed by atoms with Gasteiger partial charge in [0.15, 0.2) is 0 Å². The fourth-order valence-electron chi connectivity index (χ4n) is 3.40. The fourth-order valence-corrected chi connectivity index (χ4v) is 3.40. The molecular weight excluding hydrogens is 400 g/mol. The molecule has 1 aromatic heterocycles. The first-order valence-electron chi connectivity index (χ1n) is 8.22. The molecule has 1 aliphatic heterocycles. The first-order chi connectivity index (χ1) is 12.9. The Morgan fingerprint density at radius 3 is 2.32 bits per heavy atom. The van der Waals surface area contributed by atoms with Crippen LogP contribution in [0.3, 0.4) is 0 Å². The molecule has 28 heavy (non-hydrogen) atoms. The van der Waals surface area contributed by atoms with Gasteiger partial charge in [0.05, 0.1) is 6.20 Å². The Kier molecular flexibility index (Phi) is 4.96. The highest BCUT2D eigenvalue weighted by atomic mass is 19.4. The quantitative estimate of drug-likeness (QED) is 0.766. The number of hydrogen-bond acceptors (Lipinski definition) is 5. The number of hydrogen-bond donors (Lipinski definition) is 1. The van der Waals surface area contributed by atoms with Crippen molar-refractivity contribution in [3.8, 4) is 0 Å². The van der Waals surface area contributed by atoms with Crippen LogP contribution in [-0.2, 0) is 9.53 Å². The fraction of sp³-hybridized carbons (Fsp3) is 0.667. The number of aromatic nitrogens is 1. The molecule has 1 aromatic rings. The Bertz CT molecular complexity index is 711. The van der Waals surface area contributed by atoms with E-state index in [0.29, 0.717) is 12.1 Å². The maximum Gasteiger partial charge on any atom is 0.434 e. The van der Waals surface area contributed by atoms with Gasteiger partial charge < -0.3 is 19.5 Å². The number of amides is 2. The Morgan fingerprint density at radius 1 is 1.21 bits per heavy atom. The molecule has 13 heteroatoms. The smallest absolute Gasteiger partial charge is 0.426 e. The van der Waals surface area contributed by atoms with Crippen LogP contribution in [0.15, 0.2) is 17.0 Å². The molecule has 1 spiro atoms. The van der Waals surface area contributed by atoms with Crippen LogP contribution in [0, 0.1) is 11.3 Å². The Hall–Kier alpha value is -2.47. The lowest BCUT2D eigenvalue weighted by atomic mass is 9.91. The molecule has 1 aliphatic carbocycles. The highest BCUT2D eigenvalue weighted by Gasteiger charge is 2.61. The van der Waals surface area contributed by atoms with Crippen LogP contribution >= 0.6 is 0 Å². The zero-order chi connectivity index (χ0) is 20.7. The molecule has 1 N–H and O–H groups in total. The van der Waals surface area contributed by atoms with Crippen LogP contribution in [0.4, 0.5) is 36.8 Å². The molecule has 156 valence electrons. The van der Waals surface area contributed by atoms with Crippen molar-refractivity contribution in [3.63, 3.8) is 0 Å². The van der Waals surface area contributed by atoms with E-state index in [1.807, 2.05) is 0 Å². The summed E-state index contributed by atoms with van der Waals surface area (Å²) in [5.74, 6) is -0.646. The minimum Gasteiger partial charge on any atom is -0.426 e. The molecule has 2 fully saturated rings. The average molecular weight is 415 g/mol. The van der Waals surface area contributed by atoms with Gasteiger partial charge in [-0.15, -0.1) is 0 Å². The van der Waals surface area contributed by atoms with Gasteiger partial charge in [-0.1, -0.05) is 5.16 Å². The molecule has 7 nitrogen and oxygen atoms in total. The van der Waals surface area contributed by atoms with Crippen LogP contribution < -0.4 is 5.32 Å². The molecule has 3 rings (SSSR count). The molecule has 0 radical (unpaired) electrons. The largest absolute Gasteiger partial charge is 0.434 e. The van der Waals surface area contributed by atoms with Gasteiger partial charge in [0.2, 0.25) is 5.91 Å². The van der Waals surface area contributed by atoms with Crippen molar-refractivity contribution in [3.05, 3.63) is 12.5 Å². The molecule has 0 unspecified atom stereocenters. The van der Waals surface area contributed by atoms with Crippen LogP contribution in [0.5, 0.6) is 0 Å². The molecule has 1 atom stereocenters. The predicted molar refractivity (Wildman–Crippen MR) is 78.9 cm³/mol. The van der Waals surface area contributed by atoms with Crippen molar-refractivity contribution in [2.24, 2.45) is 11.3 Å². The van der Waals surface area contributed by atoms with Crippen molar-refractivity contribution in [2.45, 2.75) is 37.7 Å². The number of halogens is 6. The average Bonchev–Trinajstić information content (AvgIpc) is 3.02. The summed E-state index contributed by atoms with van der Waals surface area (Å²) in [7, 11) is 0. The van der Waals surface area contributed by atoms with Gasteiger partial charge >= 0.3 is 18.4 Å². The number of alkyl halides is 6. The maximum absolute atomic E-state index is 12.5. The SMILES string of the molecule is O=C(Nc1cnoc1)[C@H]1CC12CCN(C(=O)OC(C(F)(F)F)C(F)(F)F)CC2. The molecule has 1 saturated carbocycles. The lowest BCUT2D eigenvalue weighted by Crippen LogP contribution is -2.49. The summed E-state index contributed by atoms with van der Waals surface area (Å²) in [5.41, 5.74) is -0.0516. The number of carbonyl (C=O) groups excluding carboxylic acids is 2. The first-order valence-corrected chi connectivity index (χ1v) is 8.22. The van der Waals surface area contributed by atoms with Gasteiger partial charge in [0, 0.05) is 19.0 Å². The van der Waals surface area contributed by atoms with Crippen LogP contribution in [0.1, 0.15) is 19.3 Å². The van der Waals surface area contributed by atoms with Crippen LogP contribution in [0.2, 0.25) is 0 Å². The van der Waals surface area contributed by atoms with Crippen molar-refractivity contribution in [1.29, 1.82) is 0 Å². The minimum absolute atomic E-state index is 0.0989. The molecule has 2 aliphatic rings. The lowest BCUT2D eigenvalue weighted by molar-refractivity contribution is -0.308. The molecule has 0 aromatic carbocycles. The first kappa shape index (κ1) is 20.3. The summed E-state index contributed by atoms with van der Waals surface area (Å²) in [6, 6.07) is 0. The predicted octanol–water partition coefficient (Wildman–Crippen LogP) is 3.35. The monoisotopic (exact) mass is 415 g/mol. The second kappa shape index (κ2) is 6.85. The normalized spacial score (nSPS) is 21.7.